The van der Waals surface area contributed by atoms with Gasteiger partial charge in [-0.3, -0.25) is 4.79 Å². The van der Waals surface area contributed by atoms with Crippen molar-refractivity contribution >= 4 is 11.6 Å². The number of nitrogens with zero attached hydrogens (tertiary/aromatic N) is 3. The summed E-state index contributed by atoms with van der Waals surface area (Å²) in [6.07, 6.45) is 3.61. The SMILES string of the molecule is O=C(c1cn2ccccc2n1)N1CC(CO)C1. The molecule has 0 unspecified atom stereocenters. The van der Waals surface area contributed by atoms with Gasteiger partial charge >= 0.3 is 0 Å². The summed E-state index contributed by atoms with van der Waals surface area (Å²) in [6.45, 7) is 1.40. The van der Waals surface area contributed by atoms with E-state index in [1.54, 1.807) is 11.1 Å². The van der Waals surface area contributed by atoms with Crippen LogP contribution in [0.4, 0.5) is 0 Å². The van der Waals surface area contributed by atoms with Gasteiger partial charge in [-0.2, -0.15) is 0 Å². The van der Waals surface area contributed by atoms with Crippen LogP contribution in [0.25, 0.3) is 5.65 Å². The molecule has 3 heterocycles. The summed E-state index contributed by atoms with van der Waals surface area (Å²) in [5, 5.41) is 8.91. The van der Waals surface area contributed by atoms with Gasteiger partial charge in [-0.1, -0.05) is 6.07 Å². The zero-order valence-electron chi connectivity index (χ0n) is 9.28. The number of likely N-dealkylation sites (tertiary alicyclic amines) is 1. The fourth-order valence-corrected chi connectivity index (χ4v) is 2.05. The molecule has 1 aliphatic heterocycles. The Morgan fingerprint density at radius 3 is 3.00 bits per heavy atom. The second-order valence-electron chi connectivity index (χ2n) is 4.35. The van der Waals surface area contributed by atoms with Crippen LogP contribution in [0.5, 0.6) is 0 Å². The third-order valence-corrected chi connectivity index (χ3v) is 3.09. The maximum atomic E-state index is 12.0. The molecule has 2 aromatic rings. The van der Waals surface area contributed by atoms with E-state index in [9.17, 15) is 4.79 Å². The van der Waals surface area contributed by atoms with Gasteiger partial charge in [0.05, 0.1) is 0 Å². The molecule has 0 bridgehead atoms. The Balaban J connectivity index is 1.82. The molecule has 5 nitrogen and oxygen atoms in total. The maximum Gasteiger partial charge on any atom is 0.274 e. The topological polar surface area (TPSA) is 57.8 Å². The molecule has 2 aromatic heterocycles. The molecular formula is C12H13N3O2. The monoisotopic (exact) mass is 231 g/mol. The van der Waals surface area contributed by atoms with Crippen LogP contribution >= 0.6 is 0 Å². The minimum atomic E-state index is -0.0570. The predicted molar refractivity (Wildman–Crippen MR) is 61.7 cm³/mol. The highest BCUT2D eigenvalue weighted by molar-refractivity contribution is 5.93. The summed E-state index contributed by atoms with van der Waals surface area (Å²) in [4.78, 5) is 18.0. The van der Waals surface area contributed by atoms with Crippen molar-refractivity contribution in [3.8, 4) is 0 Å². The summed E-state index contributed by atoms with van der Waals surface area (Å²) < 4.78 is 1.83. The van der Waals surface area contributed by atoms with Gasteiger partial charge in [0.2, 0.25) is 0 Å². The van der Waals surface area contributed by atoms with E-state index in [4.69, 9.17) is 5.11 Å². The summed E-state index contributed by atoms with van der Waals surface area (Å²) in [5.41, 5.74) is 1.24. The molecule has 3 rings (SSSR count). The van der Waals surface area contributed by atoms with Crippen LogP contribution in [0.1, 0.15) is 10.5 Å². The zero-order chi connectivity index (χ0) is 11.8. The van der Waals surface area contributed by atoms with E-state index in [0.29, 0.717) is 18.8 Å². The number of fused-ring (bicyclic) bond motifs is 1. The molecule has 0 saturated carbocycles. The number of carbonyl (C=O) groups is 1. The van der Waals surface area contributed by atoms with E-state index < -0.39 is 0 Å². The van der Waals surface area contributed by atoms with Gasteiger partial charge in [0, 0.05) is 38.0 Å². The van der Waals surface area contributed by atoms with Crippen LogP contribution in [0.15, 0.2) is 30.6 Å². The van der Waals surface area contributed by atoms with Crippen molar-refractivity contribution in [3.63, 3.8) is 0 Å². The van der Waals surface area contributed by atoms with Gasteiger partial charge in [-0.05, 0) is 12.1 Å². The molecule has 0 radical (unpaired) electrons. The number of rotatable bonds is 2. The molecule has 0 aliphatic carbocycles. The highest BCUT2D eigenvalue weighted by atomic mass is 16.3. The second-order valence-corrected chi connectivity index (χ2v) is 4.35. The van der Waals surface area contributed by atoms with Crippen molar-refractivity contribution in [2.24, 2.45) is 5.92 Å². The van der Waals surface area contributed by atoms with Gasteiger partial charge in [-0.15, -0.1) is 0 Å². The number of hydrogen-bond acceptors (Lipinski definition) is 3. The Labute approximate surface area is 98.3 Å². The van der Waals surface area contributed by atoms with Gasteiger partial charge in [0.15, 0.2) is 0 Å². The number of aliphatic hydroxyl groups is 1. The molecule has 1 saturated heterocycles. The van der Waals surface area contributed by atoms with Crippen LogP contribution in [0.3, 0.4) is 0 Å². The Hall–Kier alpha value is -1.88. The second kappa shape index (κ2) is 3.85. The number of hydrogen-bond donors (Lipinski definition) is 1. The molecule has 1 fully saturated rings. The van der Waals surface area contributed by atoms with Crippen molar-refractivity contribution < 1.29 is 9.90 Å². The average molecular weight is 231 g/mol. The molecule has 0 spiro atoms. The van der Waals surface area contributed by atoms with Gasteiger partial charge in [0.25, 0.3) is 5.91 Å². The van der Waals surface area contributed by atoms with E-state index in [1.807, 2.05) is 28.8 Å². The normalized spacial score (nSPS) is 16.2. The van der Waals surface area contributed by atoms with Gasteiger partial charge in [0.1, 0.15) is 11.3 Å². The van der Waals surface area contributed by atoms with Gasteiger partial charge in [-0.25, -0.2) is 4.98 Å². The number of aromatic nitrogens is 2. The van der Waals surface area contributed by atoms with Crippen molar-refractivity contribution in [1.82, 2.24) is 14.3 Å². The Morgan fingerprint density at radius 2 is 2.29 bits per heavy atom. The minimum absolute atomic E-state index is 0.0570. The first kappa shape index (κ1) is 10.3. The lowest BCUT2D eigenvalue weighted by Crippen LogP contribution is -2.51. The molecule has 17 heavy (non-hydrogen) atoms. The molecule has 0 atom stereocenters. The minimum Gasteiger partial charge on any atom is -0.396 e. The summed E-state index contributed by atoms with van der Waals surface area (Å²) >= 11 is 0. The third-order valence-electron chi connectivity index (χ3n) is 3.09. The quantitative estimate of drug-likeness (QED) is 0.813. The first-order valence-electron chi connectivity index (χ1n) is 5.62. The highest BCUT2D eigenvalue weighted by Crippen LogP contribution is 2.18. The number of aliphatic hydroxyl groups excluding tert-OH is 1. The Morgan fingerprint density at radius 1 is 1.47 bits per heavy atom. The first-order chi connectivity index (χ1) is 8.28. The molecule has 0 aromatic carbocycles. The first-order valence-corrected chi connectivity index (χ1v) is 5.62. The molecule has 1 amide bonds. The van der Waals surface area contributed by atoms with Crippen LogP contribution in [-0.4, -0.2) is 45.0 Å². The summed E-state index contributed by atoms with van der Waals surface area (Å²) in [5.74, 6) is 0.175. The molecular weight excluding hydrogens is 218 g/mol. The lowest BCUT2D eigenvalue weighted by Gasteiger charge is -2.37. The van der Waals surface area contributed by atoms with Gasteiger partial charge < -0.3 is 14.4 Å². The van der Waals surface area contributed by atoms with E-state index in [2.05, 4.69) is 4.98 Å². The lowest BCUT2D eigenvalue weighted by atomic mass is 10.0. The fraction of sp³-hybridized carbons (Fsp3) is 0.333. The van der Waals surface area contributed by atoms with Crippen LogP contribution < -0.4 is 0 Å². The number of amides is 1. The molecule has 5 heteroatoms. The number of imidazole rings is 1. The van der Waals surface area contributed by atoms with E-state index in [0.717, 1.165) is 5.65 Å². The molecule has 88 valence electrons. The van der Waals surface area contributed by atoms with E-state index >= 15 is 0 Å². The van der Waals surface area contributed by atoms with Crippen LogP contribution in [0, 0.1) is 5.92 Å². The van der Waals surface area contributed by atoms with Crippen LogP contribution in [0.2, 0.25) is 0 Å². The summed E-state index contributed by atoms with van der Waals surface area (Å²) in [6, 6.07) is 5.65. The van der Waals surface area contributed by atoms with E-state index in [-0.39, 0.29) is 18.4 Å². The smallest absolute Gasteiger partial charge is 0.274 e. The van der Waals surface area contributed by atoms with Crippen molar-refractivity contribution in [2.75, 3.05) is 19.7 Å². The highest BCUT2D eigenvalue weighted by Gasteiger charge is 2.31. The predicted octanol–water partition coefficient (Wildman–Crippen LogP) is 0.399. The number of pyridine rings is 1. The molecule has 1 aliphatic rings. The Kier molecular flexibility index (Phi) is 2.33. The standard InChI is InChI=1S/C12H13N3O2/c16-8-9-5-15(6-9)12(17)10-7-14-4-2-1-3-11(14)13-10/h1-4,7,9,16H,5-6,8H2. The van der Waals surface area contributed by atoms with E-state index in [1.165, 1.54) is 0 Å². The summed E-state index contributed by atoms with van der Waals surface area (Å²) in [7, 11) is 0. The average Bonchev–Trinajstić information content (AvgIpc) is 2.71. The lowest BCUT2D eigenvalue weighted by molar-refractivity contribution is 0.0357. The third kappa shape index (κ3) is 1.68. The molecule has 1 N–H and O–H groups in total. The Bertz CT molecular complexity index is 525. The van der Waals surface area contributed by atoms with Crippen molar-refractivity contribution in [2.45, 2.75) is 0 Å². The largest absolute Gasteiger partial charge is 0.396 e. The van der Waals surface area contributed by atoms with Crippen molar-refractivity contribution in [1.29, 1.82) is 0 Å². The van der Waals surface area contributed by atoms with Crippen LogP contribution in [-0.2, 0) is 0 Å². The van der Waals surface area contributed by atoms with Crippen molar-refractivity contribution in [3.05, 3.63) is 36.3 Å². The maximum absolute atomic E-state index is 12.0. The fourth-order valence-electron chi connectivity index (χ4n) is 2.05. The zero-order valence-corrected chi connectivity index (χ0v) is 9.28. The number of carbonyl (C=O) groups excluding carboxylic acids is 1.